The Balaban J connectivity index is 2.11. The van der Waals surface area contributed by atoms with Gasteiger partial charge in [0.25, 0.3) is 0 Å². The molecule has 96 valence electrons. The molecule has 0 heterocycles. The third-order valence-electron chi connectivity index (χ3n) is 3.49. The standard InChI is InChI=1S/C13H16N2O2S/c1-10(12-3-2-4-12)15-18(16,17)13-7-5-11(9-14)6-8-13/h5-8,10,12,15H,2-4H2,1H3. The van der Waals surface area contributed by atoms with E-state index in [-0.39, 0.29) is 10.9 Å². The van der Waals surface area contributed by atoms with Gasteiger partial charge in [0.2, 0.25) is 10.0 Å². The Kier molecular flexibility index (Phi) is 3.69. The molecule has 5 heteroatoms. The van der Waals surface area contributed by atoms with Gasteiger partial charge in [0.05, 0.1) is 16.5 Å². The molecule has 1 aromatic carbocycles. The van der Waals surface area contributed by atoms with Gasteiger partial charge < -0.3 is 0 Å². The Morgan fingerprint density at radius 3 is 2.39 bits per heavy atom. The van der Waals surface area contributed by atoms with Crippen LogP contribution in [-0.4, -0.2) is 14.5 Å². The van der Waals surface area contributed by atoms with E-state index < -0.39 is 10.0 Å². The van der Waals surface area contributed by atoms with Crippen molar-refractivity contribution in [1.29, 1.82) is 5.26 Å². The Bertz CT molecular complexity index is 554. The molecule has 0 aliphatic heterocycles. The largest absolute Gasteiger partial charge is 0.240 e. The zero-order valence-electron chi connectivity index (χ0n) is 10.3. The van der Waals surface area contributed by atoms with E-state index in [9.17, 15) is 8.42 Å². The Morgan fingerprint density at radius 1 is 1.33 bits per heavy atom. The van der Waals surface area contributed by atoms with E-state index in [4.69, 9.17) is 5.26 Å². The van der Waals surface area contributed by atoms with E-state index in [2.05, 4.69) is 4.72 Å². The SMILES string of the molecule is CC(NS(=O)(=O)c1ccc(C#N)cc1)C1CCC1. The quantitative estimate of drug-likeness (QED) is 0.904. The minimum absolute atomic E-state index is 0.0283. The van der Waals surface area contributed by atoms with E-state index in [1.807, 2.05) is 13.0 Å². The van der Waals surface area contributed by atoms with Gasteiger partial charge in [-0.1, -0.05) is 6.42 Å². The maximum absolute atomic E-state index is 12.1. The van der Waals surface area contributed by atoms with E-state index in [1.165, 1.54) is 30.7 Å². The van der Waals surface area contributed by atoms with E-state index in [1.54, 1.807) is 0 Å². The molecular formula is C13H16N2O2S. The van der Waals surface area contributed by atoms with Gasteiger partial charge >= 0.3 is 0 Å². The molecule has 0 spiro atoms. The number of sulfonamides is 1. The lowest BCUT2D eigenvalue weighted by Gasteiger charge is -2.31. The summed E-state index contributed by atoms with van der Waals surface area (Å²) in [6.45, 7) is 1.91. The number of hydrogen-bond donors (Lipinski definition) is 1. The van der Waals surface area contributed by atoms with Crippen LogP contribution < -0.4 is 4.72 Å². The second-order valence-electron chi connectivity index (χ2n) is 4.74. The number of nitrogens with zero attached hydrogens (tertiary/aromatic N) is 1. The summed E-state index contributed by atoms with van der Waals surface area (Å²) in [7, 11) is -3.47. The van der Waals surface area contributed by atoms with Crippen LogP contribution in [0.4, 0.5) is 0 Å². The van der Waals surface area contributed by atoms with Gasteiger partial charge in [-0.05, 0) is 49.9 Å². The van der Waals surface area contributed by atoms with Crippen molar-refractivity contribution in [2.45, 2.75) is 37.1 Å². The topological polar surface area (TPSA) is 70.0 Å². The van der Waals surface area contributed by atoms with Gasteiger partial charge in [0, 0.05) is 6.04 Å². The van der Waals surface area contributed by atoms with Gasteiger partial charge in [0.15, 0.2) is 0 Å². The normalized spacial score (nSPS) is 17.8. The summed E-state index contributed by atoms with van der Waals surface area (Å²) >= 11 is 0. The zero-order chi connectivity index (χ0) is 13.2. The van der Waals surface area contributed by atoms with E-state index in [0.717, 1.165) is 12.8 Å². The van der Waals surface area contributed by atoms with Crippen molar-refractivity contribution < 1.29 is 8.42 Å². The van der Waals surface area contributed by atoms with Crippen LogP contribution in [0.3, 0.4) is 0 Å². The van der Waals surface area contributed by atoms with E-state index in [0.29, 0.717) is 11.5 Å². The molecule has 0 saturated heterocycles. The number of rotatable bonds is 4. The summed E-state index contributed by atoms with van der Waals surface area (Å²) in [5.74, 6) is 0.457. The predicted molar refractivity (Wildman–Crippen MR) is 68.3 cm³/mol. The number of hydrogen-bond acceptors (Lipinski definition) is 3. The highest BCUT2D eigenvalue weighted by Gasteiger charge is 2.27. The third kappa shape index (κ3) is 2.71. The van der Waals surface area contributed by atoms with Gasteiger partial charge in [-0.15, -0.1) is 0 Å². The molecule has 0 amide bonds. The molecule has 1 unspecified atom stereocenters. The average Bonchev–Trinajstić information content (AvgIpc) is 2.26. The molecule has 1 saturated carbocycles. The monoisotopic (exact) mass is 264 g/mol. The summed E-state index contributed by atoms with van der Waals surface area (Å²) in [5, 5.41) is 8.67. The second-order valence-corrected chi connectivity index (χ2v) is 6.45. The molecule has 1 aliphatic rings. The second kappa shape index (κ2) is 5.09. The number of nitriles is 1. The smallest absolute Gasteiger partial charge is 0.208 e. The van der Waals surface area contributed by atoms with Crippen LogP contribution in [0.5, 0.6) is 0 Å². The molecule has 1 fully saturated rings. The lowest BCUT2D eigenvalue weighted by molar-refractivity contribution is 0.260. The Hall–Kier alpha value is -1.38. The summed E-state index contributed by atoms with van der Waals surface area (Å²) in [6.07, 6.45) is 3.38. The molecule has 1 atom stereocenters. The summed E-state index contributed by atoms with van der Waals surface area (Å²) < 4.78 is 26.9. The van der Waals surface area contributed by atoms with Crippen molar-refractivity contribution in [3.8, 4) is 6.07 Å². The maximum atomic E-state index is 12.1. The van der Waals surface area contributed by atoms with Crippen LogP contribution >= 0.6 is 0 Å². The first kappa shape index (κ1) is 13.1. The van der Waals surface area contributed by atoms with Crippen molar-refractivity contribution in [2.24, 2.45) is 5.92 Å². The molecular weight excluding hydrogens is 248 g/mol. The van der Waals surface area contributed by atoms with Crippen molar-refractivity contribution in [3.05, 3.63) is 29.8 Å². The first-order chi connectivity index (χ1) is 8.53. The van der Waals surface area contributed by atoms with E-state index >= 15 is 0 Å². The zero-order valence-corrected chi connectivity index (χ0v) is 11.1. The molecule has 1 aromatic rings. The summed E-state index contributed by atoms with van der Waals surface area (Å²) in [5.41, 5.74) is 0.459. The molecule has 1 N–H and O–H groups in total. The molecule has 4 nitrogen and oxygen atoms in total. The number of nitrogens with one attached hydrogen (secondary N) is 1. The van der Waals surface area contributed by atoms with Crippen molar-refractivity contribution in [1.82, 2.24) is 4.72 Å². The van der Waals surface area contributed by atoms with Crippen LogP contribution in [0.25, 0.3) is 0 Å². The molecule has 0 bridgehead atoms. The fraction of sp³-hybridized carbons (Fsp3) is 0.462. The number of benzene rings is 1. The maximum Gasteiger partial charge on any atom is 0.240 e. The van der Waals surface area contributed by atoms with Gasteiger partial charge in [-0.3, -0.25) is 0 Å². The molecule has 0 aromatic heterocycles. The van der Waals surface area contributed by atoms with Gasteiger partial charge in [-0.2, -0.15) is 5.26 Å². The molecule has 18 heavy (non-hydrogen) atoms. The van der Waals surface area contributed by atoms with Crippen LogP contribution in [0.15, 0.2) is 29.2 Å². The summed E-state index contributed by atoms with van der Waals surface area (Å²) in [6, 6.07) is 7.91. The fourth-order valence-electron chi connectivity index (χ4n) is 2.06. The molecule has 1 aliphatic carbocycles. The first-order valence-electron chi connectivity index (χ1n) is 6.05. The highest BCUT2D eigenvalue weighted by molar-refractivity contribution is 7.89. The lowest BCUT2D eigenvalue weighted by atomic mass is 9.81. The van der Waals surface area contributed by atoms with Crippen LogP contribution in [-0.2, 0) is 10.0 Å². The van der Waals surface area contributed by atoms with Gasteiger partial charge in [0.1, 0.15) is 0 Å². The minimum atomic E-state index is -3.47. The lowest BCUT2D eigenvalue weighted by Crippen LogP contribution is -2.40. The molecule has 2 rings (SSSR count). The summed E-state index contributed by atoms with van der Waals surface area (Å²) in [4.78, 5) is 0.215. The highest BCUT2D eigenvalue weighted by atomic mass is 32.2. The third-order valence-corrected chi connectivity index (χ3v) is 5.07. The van der Waals surface area contributed by atoms with Crippen molar-refractivity contribution in [2.75, 3.05) is 0 Å². The molecule has 0 radical (unpaired) electrons. The first-order valence-corrected chi connectivity index (χ1v) is 7.54. The highest BCUT2D eigenvalue weighted by Crippen LogP contribution is 2.30. The minimum Gasteiger partial charge on any atom is -0.208 e. The van der Waals surface area contributed by atoms with Gasteiger partial charge in [-0.25, -0.2) is 13.1 Å². The van der Waals surface area contributed by atoms with Crippen LogP contribution in [0.2, 0.25) is 0 Å². The predicted octanol–water partition coefficient (Wildman–Crippen LogP) is 2.03. The van der Waals surface area contributed by atoms with Crippen LogP contribution in [0.1, 0.15) is 31.7 Å². The van der Waals surface area contributed by atoms with Crippen LogP contribution in [0, 0.1) is 17.2 Å². The average molecular weight is 264 g/mol. The Labute approximate surface area is 108 Å². The fourth-order valence-corrected chi connectivity index (χ4v) is 3.37. The Morgan fingerprint density at radius 2 is 1.94 bits per heavy atom. The van der Waals surface area contributed by atoms with Crippen molar-refractivity contribution >= 4 is 10.0 Å². The van der Waals surface area contributed by atoms with Crippen molar-refractivity contribution in [3.63, 3.8) is 0 Å².